The Morgan fingerprint density at radius 3 is 2.52 bits per heavy atom. The molecule has 0 radical (unpaired) electrons. The van der Waals surface area contributed by atoms with E-state index in [0.717, 1.165) is 18.9 Å². The van der Waals surface area contributed by atoms with Gasteiger partial charge in [-0.2, -0.15) is 13.2 Å². The summed E-state index contributed by atoms with van der Waals surface area (Å²) in [7, 11) is 0. The molecule has 1 aliphatic carbocycles. The van der Waals surface area contributed by atoms with E-state index in [2.05, 4.69) is 15.5 Å². The van der Waals surface area contributed by atoms with E-state index >= 15 is 0 Å². The zero-order valence-electron chi connectivity index (χ0n) is 16.7. The predicted octanol–water partition coefficient (Wildman–Crippen LogP) is 2.95. The maximum atomic E-state index is 13.3. The van der Waals surface area contributed by atoms with Crippen molar-refractivity contribution < 1.29 is 22.8 Å². The number of nitrogens with zero attached hydrogens (tertiary/aromatic N) is 4. The third-order valence-corrected chi connectivity index (χ3v) is 5.40. The summed E-state index contributed by atoms with van der Waals surface area (Å²) in [5.74, 6) is 0.0442. The number of anilines is 1. The lowest BCUT2D eigenvalue weighted by Crippen LogP contribution is -2.48. The Bertz CT molecular complexity index is 960. The number of hydrogen-bond acceptors (Lipinski definition) is 5. The van der Waals surface area contributed by atoms with E-state index in [0.29, 0.717) is 37.8 Å². The van der Waals surface area contributed by atoms with E-state index in [4.69, 9.17) is 0 Å². The topological polar surface area (TPSA) is 78.4 Å². The molecule has 0 unspecified atom stereocenters. The van der Waals surface area contributed by atoms with Crippen molar-refractivity contribution in [1.29, 1.82) is 0 Å². The fourth-order valence-electron chi connectivity index (χ4n) is 3.50. The minimum Gasteiger partial charge on any atom is -0.350 e. The fraction of sp³-hybridized carbons (Fsp3) is 0.429. The van der Waals surface area contributed by atoms with Gasteiger partial charge in [0.25, 0.3) is 11.8 Å². The van der Waals surface area contributed by atoms with E-state index in [-0.39, 0.29) is 23.8 Å². The van der Waals surface area contributed by atoms with Crippen molar-refractivity contribution in [3.05, 3.63) is 53.2 Å². The summed E-state index contributed by atoms with van der Waals surface area (Å²) < 4.78 is 39.9. The van der Waals surface area contributed by atoms with Crippen molar-refractivity contribution in [2.75, 3.05) is 31.2 Å². The molecule has 1 aliphatic heterocycles. The molecule has 2 amide bonds. The second kappa shape index (κ2) is 8.52. The molecule has 4 rings (SSSR count). The van der Waals surface area contributed by atoms with E-state index in [1.165, 1.54) is 23.1 Å². The first-order valence-electron chi connectivity index (χ1n) is 10.2. The number of amides is 2. The molecule has 2 heterocycles. The van der Waals surface area contributed by atoms with Gasteiger partial charge in [-0.3, -0.25) is 9.59 Å². The highest BCUT2D eigenvalue weighted by Gasteiger charge is 2.36. The van der Waals surface area contributed by atoms with Gasteiger partial charge in [0.2, 0.25) is 0 Å². The smallest absolute Gasteiger partial charge is 0.350 e. The largest absolute Gasteiger partial charge is 0.417 e. The molecule has 31 heavy (non-hydrogen) atoms. The third kappa shape index (κ3) is 4.95. The molecular formula is C21H22F3N5O2. The van der Waals surface area contributed by atoms with Crippen LogP contribution in [0.15, 0.2) is 36.4 Å². The molecule has 10 heteroatoms. The molecule has 0 bridgehead atoms. The SMILES string of the molecule is O=C(NCC1CC1)c1ccc(N2CCCN(C(=O)c3ccccc3C(F)(F)F)C2)nn1. The number of hydrogen-bond donors (Lipinski definition) is 1. The molecule has 2 aliphatic rings. The van der Waals surface area contributed by atoms with Crippen LogP contribution in [0.2, 0.25) is 0 Å². The lowest BCUT2D eigenvalue weighted by molar-refractivity contribution is -0.138. The second-order valence-corrected chi connectivity index (χ2v) is 7.80. The Hall–Kier alpha value is -3.17. The lowest BCUT2D eigenvalue weighted by Gasteiger charge is -2.36. The second-order valence-electron chi connectivity index (χ2n) is 7.80. The van der Waals surface area contributed by atoms with Gasteiger partial charge in [-0.05, 0) is 49.4 Å². The number of alkyl halides is 3. The summed E-state index contributed by atoms with van der Waals surface area (Å²) in [5, 5.41) is 10.9. The highest BCUT2D eigenvalue weighted by Crippen LogP contribution is 2.32. The van der Waals surface area contributed by atoms with E-state index < -0.39 is 17.6 Å². The van der Waals surface area contributed by atoms with Gasteiger partial charge in [-0.25, -0.2) is 0 Å². The van der Waals surface area contributed by atoms with E-state index in [9.17, 15) is 22.8 Å². The van der Waals surface area contributed by atoms with Crippen LogP contribution in [-0.4, -0.2) is 53.2 Å². The average Bonchev–Trinajstić information content (AvgIpc) is 3.61. The van der Waals surface area contributed by atoms with Gasteiger partial charge in [0, 0.05) is 19.6 Å². The van der Waals surface area contributed by atoms with Crippen molar-refractivity contribution in [1.82, 2.24) is 20.4 Å². The van der Waals surface area contributed by atoms with Crippen LogP contribution in [0.25, 0.3) is 0 Å². The normalized spacial score (nSPS) is 16.9. The van der Waals surface area contributed by atoms with Gasteiger partial charge in [0.15, 0.2) is 11.5 Å². The van der Waals surface area contributed by atoms with Gasteiger partial charge >= 0.3 is 6.18 Å². The highest BCUT2D eigenvalue weighted by molar-refractivity contribution is 5.96. The van der Waals surface area contributed by atoms with Crippen LogP contribution in [0, 0.1) is 5.92 Å². The molecule has 2 fully saturated rings. The number of halogens is 3. The van der Waals surface area contributed by atoms with Crippen molar-refractivity contribution in [2.45, 2.75) is 25.4 Å². The Morgan fingerprint density at radius 2 is 1.84 bits per heavy atom. The van der Waals surface area contributed by atoms with Crippen LogP contribution in [0.3, 0.4) is 0 Å². The molecule has 1 saturated heterocycles. The Labute approximate surface area is 177 Å². The predicted molar refractivity (Wildman–Crippen MR) is 106 cm³/mol. The van der Waals surface area contributed by atoms with Gasteiger partial charge in [0.1, 0.15) is 0 Å². The van der Waals surface area contributed by atoms with Crippen LogP contribution in [0.5, 0.6) is 0 Å². The van der Waals surface area contributed by atoms with Crippen LogP contribution < -0.4 is 10.2 Å². The molecule has 1 aromatic heterocycles. The molecule has 1 saturated carbocycles. The minimum absolute atomic E-state index is 0.0902. The molecule has 1 aromatic carbocycles. The summed E-state index contributed by atoms with van der Waals surface area (Å²) in [5.41, 5.74) is -1.11. The first-order valence-corrected chi connectivity index (χ1v) is 10.2. The maximum absolute atomic E-state index is 13.3. The summed E-state index contributed by atoms with van der Waals surface area (Å²) >= 11 is 0. The van der Waals surface area contributed by atoms with Crippen LogP contribution in [0.1, 0.15) is 45.7 Å². The lowest BCUT2D eigenvalue weighted by atomic mass is 10.1. The molecule has 1 N–H and O–H groups in total. The average molecular weight is 433 g/mol. The Balaban J connectivity index is 1.44. The molecular weight excluding hydrogens is 411 g/mol. The zero-order chi connectivity index (χ0) is 22.0. The molecule has 0 atom stereocenters. The quantitative estimate of drug-likeness (QED) is 0.785. The monoisotopic (exact) mass is 433 g/mol. The van der Waals surface area contributed by atoms with Crippen molar-refractivity contribution in [2.24, 2.45) is 5.92 Å². The summed E-state index contributed by atoms with van der Waals surface area (Å²) in [6.07, 6.45) is -1.78. The first kappa shape index (κ1) is 21.1. The third-order valence-electron chi connectivity index (χ3n) is 5.40. The van der Waals surface area contributed by atoms with Crippen LogP contribution in [-0.2, 0) is 6.18 Å². The number of carbonyl (C=O) groups is 2. The fourth-order valence-corrected chi connectivity index (χ4v) is 3.50. The Morgan fingerprint density at radius 1 is 1.06 bits per heavy atom. The van der Waals surface area contributed by atoms with E-state index in [1.807, 2.05) is 0 Å². The van der Waals surface area contributed by atoms with Crippen LogP contribution >= 0.6 is 0 Å². The van der Waals surface area contributed by atoms with E-state index in [1.54, 1.807) is 17.0 Å². The molecule has 7 nitrogen and oxygen atoms in total. The number of nitrogens with one attached hydrogen (secondary N) is 1. The number of carbonyl (C=O) groups excluding carboxylic acids is 2. The van der Waals surface area contributed by atoms with Gasteiger partial charge in [0.05, 0.1) is 17.8 Å². The minimum atomic E-state index is -4.61. The Kier molecular flexibility index (Phi) is 5.79. The van der Waals surface area contributed by atoms with Crippen molar-refractivity contribution in [3.8, 4) is 0 Å². The van der Waals surface area contributed by atoms with Gasteiger partial charge in [-0.15, -0.1) is 10.2 Å². The van der Waals surface area contributed by atoms with Crippen molar-refractivity contribution >= 4 is 17.6 Å². The first-order chi connectivity index (χ1) is 14.8. The number of aromatic nitrogens is 2. The standard InChI is InChI=1S/C21H22F3N5O2/c22-21(23,24)16-5-2-1-4-15(16)20(31)29-11-3-10-28(13-29)18-9-8-17(26-27-18)19(30)25-12-14-6-7-14/h1-2,4-5,8-9,14H,3,6-7,10-13H2,(H,25,30). The van der Waals surface area contributed by atoms with Crippen LogP contribution in [0.4, 0.5) is 19.0 Å². The van der Waals surface area contributed by atoms with Crippen molar-refractivity contribution in [3.63, 3.8) is 0 Å². The zero-order valence-corrected chi connectivity index (χ0v) is 16.7. The summed E-state index contributed by atoms with van der Waals surface area (Å²) in [6.45, 7) is 1.64. The highest BCUT2D eigenvalue weighted by atomic mass is 19.4. The molecule has 164 valence electrons. The number of benzene rings is 1. The summed E-state index contributed by atoms with van der Waals surface area (Å²) in [4.78, 5) is 28.1. The molecule has 2 aromatic rings. The van der Waals surface area contributed by atoms with Gasteiger partial charge < -0.3 is 15.1 Å². The van der Waals surface area contributed by atoms with Gasteiger partial charge in [-0.1, -0.05) is 12.1 Å². The number of rotatable bonds is 5. The summed E-state index contributed by atoms with van der Waals surface area (Å²) in [6, 6.07) is 7.98. The maximum Gasteiger partial charge on any atom is 0.417 e. The molecule has 0 spiro atoms.